The van der Waals surface area contributed by atoms with Crippen molar-refractivity contribution in [2.75, 3.05) is 38.2 Å². The normalized spacial score (nSPS) is 15.9. The highest BCUT2D eigenvalue weighted by atomic mass is 35.5. The molecule has 0 spiro atoms. The summed E-state index contributed by atoms with van der Waals surface area (Å²) in [4.78, 5) is 22.3. The van der Waals surface area contributed by atoms with E-state index in [1.54, 1.807) is 26.4 Å². The summed E-state index contributed by atoms with van der Waals surface area (Å²) >= 11 is 6.37. The first kappa shape index (κ1) is 25.6. The summed E-state index contributed by atoms with van der Waals surface area (Å²) in [7, 11) is 1.62. The molecule has 2 heterocycles. The third-order valence-corrected chi connectivity index (χ3v) is 7.79. The number of aromatic nitrogens is 1. The van der Waals surface area contributed by atoms with Crippen molar-refractivity contribution in [2.24, 2.45) is 5.41 Å². The maximum absolute atomic E-state index is 14.3. The number of carbonyl (C=O) groups is 1. The number of methoxy groups -OCH3 is 1. The first-order chi connectivity index (χ1) is 18.5. The Morgan fingerprint density at radius 1 is 1.00 bits per heavy atom. The molecule has 192 valence electrons. The second-order valence-corrected chi connectivity index (χ2v) is 10.1. The minimum atomic E-state index is -1.38. The van der Waals surface area contributed by atoms with Gasteiger partial charge in [-0.1, -0.05) is 72.3 Å². The Morgan fingerprint density at radius 3 is 2.42 bits per heavy atom. The maximum atomic E-state index is 14.3. The Labute approximate surface area is 228 Å². The number of halogens is 1. The van der Waals surface area contributed by atoms with Crippen molar-refractivity contribution in [3.8, 4) is 11.8 Å². The predicted octanol–water partition coefficient (Wildman–Crippen LogP) is 5.91. The second kappa shape index (κ2) is 10.7. The summed E-state index contributed by atoms with van der Waals surface area (Å²) in [6, 6.07) is 26.1. The molecule has 0 radical (unpaired) electrons. The number of hydrogen-bond acceptors (Lipinski definition) is 5. The summed E-state index contributed by atoms with van der Waals surface area (Å²) in [5.41, 5.74) is 1.26. The largest absolute Gasteiger partial charge is 0.496 e. The van der Waals surface area contributed by atoms with Crippen molar-refractivity contribution >= 4 is 34.0 Å². The van der Waals surface area contributed by atoms with E-state index in [1.165, 1.54) is 0 Å². The molecule has 38 heavy (non-hydrogen) atoms. The number of anilines is 1. The third kappa shape index (κ3) is 4.55. The molecule has 1 unspecified atom stereocenters. The summed E-state index contributed by atoms with van der Waals surface area (Å²) in [5, 5.41) is 13.4. The Balaban J connectivity index is 1.55. The number of ether oxygens (including phenoxy) is 1. The minimum Gasteiger partial charge on any atom is -0.496 e. The van der Waals surface area contributed by atoms with E-state index in [9.17, 15) is 10.1 Å². The quantitative estimate of drug-likeness (QED) is 0.314. The van der Waals surface area contributed by atoms with E-state index in [1.807, 2.05) is 77.7 Å². The number of pyridine rings is 1. The van der Waals surface area contributed by atoms with Gasteiger partial charge < -0.3 is 14.5 Å². The van der Waals surface area contributed by atoms with Crippen LogP contribution in [0.15, 0.2) is 85.2 Å². The molecular formula is C31H29ClN4O2. The van der Waals surface area contributed by atoms with Crippen LogP contribution >= 0.6 is 11.6 Å². The first-order valence-corrected chi connectivity index (χ1v) is 13.0. The summed E-state index contributed by atoms with van der Waals surface area (Å²) in [5.74, 6) is -0.0869. The fourth-order valence-corrected chi connectivity index (χ4v) is 5.77. The van der Waals surface area contributed by atoms with Crippen LogP contribution in [0, 0.1) is 16.7 Å². The van der Waals surface area contributed by atoms with E-state index < -0.39 is 11.3 Å². The molecule has 0 aliphatic carbocycles. The second-order valence-electron chi connectivity index (χ2n) is 9.66. The molecule has 0 N–H and O–H groups in total. The topological polar surface area (TPSA) is 69.5 Å². The van der Waals surface area contributed by atoms with Crippen molar-refractivity contribution < 1.29 is 9.53 Å². The summed E-state index contributed by atoms with van der Waals surface area (Å²) < 4.78 is 5.74. The Hall–Kier alpha value is -4.08. The van der Waals surface area contributed by atoms with Gasteiger partial charge in [0.05, 0.1) is 23.9 Å². The number of carbonyl (C=O) groups excluding carboxylic acids is 1. The molecule has 1 amide bonds. The number of piperazine rings is 1. The molecule has 0 saturated carbocycles. The Kier molecular flexibility index (Phi) is 7.22. The number of amides is 1. The van der Waals surface area contributed by atoms with E-state index >= 15 is 0 Å². The van der Waals surface area contributed by atoms with Gasteiger partial charge in [-0.2, -0.15) is 5.26 Å². The molecule has 5 rings (SSSR count). The van der Waals surface area contributed by atoms with Gasteiger partial charge in [0.25, 0.3) is 0 Å². The standard InChI is InChI=1S/C31H29ClN4O2/c1-31(21-33,30(37)36-18-16-35(17-19-36)27-14-15-34-20-26(27)32)29(25-11-5-6-13-28(25)38-2)24-12-7-9-22-8-3-4-10-23(22)24/h3-15,20,29H,16-19H2,1-2H3/t29?,31-/m1/s1. The number of hydrogen-bond donors (Lipinski definition) is 0. The van der Waals surface area contributed by atoms with Crippen LogP contribution in [0.4, 0.5) is 5.69 Å². The van der Waals surface area contributed by atoms with E-state index in [-0.39, 0.29) is 5.91 Å². The monoisotopic (exact) mass is 524 g/mol. The zero-order valence-corrected chi connectivity index (χ0v) is 22.2. The van der Waals surface area contributed by atoms with Crippen LogP contribution in [0.5, 0.6) is 5.75 Å². The number of rotatable bonds is 6. The summed E-state index contributed by atoms with van der Waals surface area (Å²) in [6.45, 7) is 3.97. The van der Waals surface area contributed by atoms with Crippen molar-refractivity contribution in [2.45, 2.75) is 12.8 Å². The lowest BCUT2D eigenvalue weighted by molar-refractivity contribution is -0.139. The highest BCUT2D eigenvalue weighted by molar-refractivity contribution is 6.33. The molecule has 6 nitrogen and oxygen atoms in total. The molecule has 3 aromatic carbocycles. The van der Waals surface area contributed by atoms with Gasteiger partial charge in [-0.15, -0.1) is 0 Å². The average molecular weight is 525 g/mol. The molecule has 2 atom stereocenters. The van der Waals surface area contributed by atoms with Crippen molar-refractivity contribution in [3.63, 3.8) is 0 Å². The van der Waals surface area contributed by atoms with E-state index in [0.29, 0.717) is 37.0 Å². The maximum Gasteiger partial charge on any atom is 0.243 e. The molecule has 4 aromatic rings. The highest BCUT2D eigenvalue weighted by Crippen LogP contribution is 2.47. The van der Waals surface area contributed by atoms with Gasteiger partial charge in [-0.05, 0) is 35.4 Å². The highest BCUT2D eigenvalue weighted by Gasteiger charge is 2.47. The number of para-hydroxylation sites is 1. The van der Waals surface area contributed by atoms with E-state index in [0.717, 1.165) is 27.6 Å². The van der Waals surface area contributed by atoms with Gasteiger partial charge >= 0.3 is 0 Å². The average Bonchev–Trinajstić information content (AvgIpc) is 2.97. The number of fused-ring (bicyclic) bond motifs is 1. The van der Waals surface area contributed by atoms with Crippen LogP contribution in [0.2, 0.25) is 5.02 Å². The summed E-state index contributed by atoms with van der Waals surface area (Å²) in [6.07, 6.45) is 3.34. The van der Waals surface area contributed by atoms with Gasteiger partial charge in [-0.3, -0.25) is 9.78 Å². The Bertz CT molecular complexity index is 1500. The number of nitriles is 1. The molecule has 1 saturated heterocycles. The third-order valence-electron chi connectivity index (χ3n) is 7.50. The molecule has 1 fully saturated rings. The van der Waals surface area contributed by atoms with Crippen LogP contribution < -0.4 is 9.64 Å². The Morgan fingerprint density at radius 2 is 1.68 bits per heavy atom. The van der Waals surface area contributed by atoms with Gasteiger partial charge in [0.2, 0.25) is 5.91 Å². The van der Waals surface area contributed by atoms with Gasteiger partial charge in [0.15, 0.2) is 0 Å². The molecule has 1 aliphatic rings. The lowest BCUT2D eigenvalue weighted by Gasteiger charge is -2.41. The SMILES string of the molecule is COc1ccccc1C(c1cccc2ccccc12)[C@@](C)(C#N)C(=O)N1CCN(c2ccncc2Cl)CC1. The molecule has 1 aromatic heterocycles. The smallest absolute Gasteiger partial charge is 0.243 e. The molecule has 1 aliphatic heterocycles. The van der Waals surface area contributed by atoms with Gasteiger partial charge in [0.1, 0.15) is 11.2 Å². The van der Waals surface area contributed by atoms with Gasteiger partial charge in [-0.25, -0.2) is 0 Å². The minimum absolute atomic E-state index is 0.190. The lowest BCUT2D eigenvalue weighted by atomic mass is 9.68. The number of benzene rings is 3. The van der Waals surface area contributed by atoms with Crippen LogP contribution in [0.3, 0.4) is 0 Å². The lowest BCUT2D eigenvalue weighted by Crippen LogP contribution is -2.54. The van der Waals surface area contributed by atoms with Crippen molar-refractivity contribution in [1.29, 1.82) is 5.26 Å². The fourth-order valence-electron chi connectivity index (χ4n) is 5.54. The van der Waals surface area contributed by atoms with Crippen LogP contribution in [-0.2, 0) is 4.79 Å². The van der Waals surface area contributed by atoms with Crippen LogP contribution in [0.1, 0.15) is 24.0 Å². The fraction of sp³-hybridized carbons (Fsp3) is 0.258. The van der Waals surface area contributed by atoms with E-state index in [4.69, 9.17) is 16.3 Å². The van der Waals surface area contributed by atoms with E-state index in [2.05, 4.69) is 16.0 Å². The molecule has 0 bridgehead atoms. The molecular weight excluding hydrogens is 496 g/mol. The number of nitrogens with zero attached hydrogens (tertiary/aromatic N) is 4. The zero-order chi connectivity index (χ0) is 26.7. The van der Waals surface area contributed by atoms with Crippen LogP contribution in [0.25, 0.3) is 10.8 Å². The first-order valence-electron chi connectivity index (χ1n) is 12.6. The molecule has 7 heteroatoms. The van der Waals surface area contributed by atoms with Gasteiger partial charge in [0, 0.05) is 50.1 Å². The van der Waals surface area contributed by atoms with Crippen molar-refractivity contribution in [3.05, 3.63) is 101 Å². The zero-order valence-electron chi connectivity index (χ0n) is 21.5. The van der Waals surface area contributed by atoms with Crippen LogP contribution in [-0.4, -0.2) is 49.1 Å². The predicted molar refractivity (Wildman–Crippen MR) is 151 cm³/mol. The van der Waals surface area contributed by atoms with Crippen molar-refractivity contribution in [1.82, 2.24) is 9.88 Å².